The van der Waals surface area contributed by atoms with E-state index in [-0.39, 0.29) is 22.8 Å². The summed E-state index contributed by atoms with van der Waals surface area (Å²) in [6.45, 7) is 3.93. The van der Waals surface area contributed by atoms with Crippen LogP contribution in [0.3, 0.4) is 0 Å². The van der Waals surface area contributed by atoms with Gasteiger partial charge in [0.1, 0.15) is 4.90 Å². The monoisotopic (exact) mass is 312 g/mol. The van der Waals surface area contributed by atoms with Crippen molar-refractivity contribution in [2.24, 2.45) is 5.92 Å². The lowest BCUT2D eigenvalue weighted by atomic mass is 10.0. The predicted molar refractivity (Wildman–Crippen MR) is 78.7 cm³/mol. The average molecular weight is 312 g/mol. The van der Waals surface area contributed by atoms with Gasteiger partial charge < -0.3 is 5.73 Å². The van der Waals surface area contributed by atoms with Gasteiger partial charge in [0, 0.05) is 4.88 Å². The predicted octanol–water partition coefficient (Wildman–Crippen LogP) is 1.80. The summed E-state index contributed by atoms with van der Waals surface area (Å²) in [5.74, 6) is 0.167. The first-order chi connectivity index (χ1) is 9.40. The lowest BCUT2D eigenvalue weighted by Gasteiger charge is -2.21. The molecule has 0 amide bonds. The molecule has 108 valence electrons. The van der Waals surface area contributed by atoms with Crippen molar-refractivity contribution in [1.82, 2.24) is 14.7 Å². The highest BCUT2D eigenvalue weighted by Crippen LogP contribution is 2.27. The molecule has 0 bridgehead atoms. The van der Waals surface area contributed by atoms with E-state index in [9.17, 15) is 8.42 Å². The number of nitrogens with one attached hydrogen (secondary N) is 1. The maximum atomic E-state index is 12.3. The van der Waals surface area contributed by atoms with Crippen molar-refractivity contribution in [2.45, 2.75) is 24.8 Å². The zero-order valence-electron chi connectivity index (χ0n) is 11.1. The summed E-state index contributed by atoms with van der Waals surface area (Å²) in [6, 6.07) is 3.53. The molecule has 20 heavy (non-hydrogen) atoms. The van der Waals surface area contributed by atoms with Crippen molar-refractivity contribution in [3.05, 3.63) is 34.8 Å². The number of thiophene rings is 1. The number of rotatable bonds is 5. The number of hydrogen-bond donors (Lipinski definition) is 2. The van der Waals surface area contributed by atoms with Crippen LogP contribution >= 0.6 is 11.3 Å². The third-order valence-electron chi connectivity index (χ3n) is 2.76. The van der Waals surface area contributed by atoms with E-state index >= 15 is 0 Å². The third kappa shape index (κ3) is 3.33. The molecule has 8 heteroatoms. The molecule has 1 atom stereocenters. The molecule has 2 aromatic heterocycles. The van der Waals surface area contributed by atoms with E-state index in [4.69, 9.17) is 5.73 Å². The summed E-state index contributed by atoms with van der Waals surface area (Å²) in [5, 5.41) is 1.92. The second-order valence-corrected chi connectivity index (χ2v) is 7.33. The maximum absolute atomic E-state index is 12.3. The summed E-state index contributed by atoms with van der Waals surface area (Å²) in [7, 11) is -3.67. The minimum absolute atomic E-state index is 0.00825. The van der Waals surface area contributed by atoms with Gasteiger partial charge in [-0.05, 0) is 17.4 Å². The fourth-order valence-electron chi connectivity index (χ4n) is 1.69. The first kappa shape index (κ1) is 14.9. The van der Waals surface area contributed by atoms with Gasteiger partial charge in [-0.3, -0.25) is 0 Å². The van der Waals surface area contributed by atoms with Crippen LogP contribution in [0, 0.1) is 5.92 Å². The Bertz CT molecular complexity index is 651. The molecular weight excluding hydrogens is 296 g/mol. The molecule has 2 heterocycles. The summed E-state index contributed by atoms with van der Waals surface area (Å²) < 4.78 is 27.3. The van der Waals surface area contributed by atoms with Crippen LogP contribution in [0.1, 0.15) is 24.8 Å². The van der Waals surface area contributed by atoms with E-state index in [2.05, 4.69) is 14.7 Å². The van der Waals surface area contributed by atoms with Crippen LogP contribution in [0.15, 0.2) is 34.8 Å². The minimum atomic E-state index is -3.67. The van der Waals surface area contributed by atoms with Crippen molar-refractivity contribution >= 4 is 27.3 Å². The van der Waals surface area contributed by atoms with Crippen LogP contribution < -0.4 is 10.5 Å². The molecule has 0 saturated carbocycles. The van der Waals surface area contributed by atoms with E-state index in [0.29, 0.717) is 0 Å². The zero-order chi connectivity index (χ0) is 14.8. The summed E-state index contributed by atoms with van der Waals surface area (Å²) in [6.07, 6.45) is 2.41. The molecule has 2 rings (SSSR count). The van der Waals surface area contributed by atoms with Gasteiger partial charge in [-0.15, -0.1) is 11.3 Å². The topological polar surface area (TPSA) is 98.0 Å². The van der Waals surface area contributed by atoms with Crippen LogP contribution in [-0.4, -0.2) is 18.4 Å². The normalized spacial score (nSPS) is 13.6. The molecule has 1 unspecified atom stereocenters. The van der Waals surface area contributed by atoms with Gasteiger partial charge in [0.15, 0.2) is 0 Å². The van der Waals surface area contributed by atoms with Gasteiger partial charge in [0.2, 0.25) is 16.0 Å². The van der Waals surface area contributed by atoms with Gasteiger partial charge in [-0.2, -0.15) is 0 Å². The zero-order valence-corrected chi connectivity index (χ0v) is 12.8. The van der Waals surface area contributed by atoms with Crippen molar-refractivity contribution in [2.75, 3.05) is 5.73 Å². The first-order valence-corrected chi connectivity index (χ1v) is 8.39. The van der Waals surface area contributed by atoms with Crippen molar-refractivity contribution in [3.63, 3.8) is 0 Å². The summed E-state index contributed by atoms with van der Waals surface area (Å²) >= 11 is 1.52. The number of anilines is 1. The Morgan fingerprint density at radius 3 is 2.45 bits per heavy atom. The smallest absolute Gasteiger partial charge is 0.244 e. The fraction of sp³-hybridized carbons (Fsp3) is 0.333. The molecule has 0 saturated heterocycles. The highest BCUT2D eigenvalue weighted by Gasteiger charge is 2.25. The minimum Gasteiger partial charge on any atom is -0.368 e. The van der Waals surface area contributed by atoms with E-state index in [1.807, 2.05) is 31.4 Å². The van der Waals surface area contributed by atoms with Crippen LogP contribution in [-0.2, 0) is 10.0 Å². The van der Waals surface area contributed by atoms with Crippen LogP contribution in [0.25, 0.3) is 0 Å². The van der Waals surface area contributed by atoms with Gasteiger partial charge in [0.05, 0.1) is 18.4 Å². The number of hydrogen-bond acceptors (Lipinski definition) is 6. The number of sulfonamides is 1. The molecule has 0 aromatic carbocycles. The highest BCUT2D eigenvalue weighted by atomic mass is 32.2. The van der Waals surface area contributed by atoms with E-state index in [0.717, 1.165) is 4.88 Å². The Hall–Kier alpha value is -1.51. The number of nitrogen functional groups attached to an aromatic ring is 1. The molecule has 0 aliphatic heterocycles. The lowest BCUT2D eigenvalue weighted by Crippen LogP contribution is -2.31. The van der Waals surface area contributed by atoms with Gasteiger partial charge in [-0.25, -0.2) is 23.1 Å². The number of nitrogens with zero attached hydrogens (tertiary/aromatic N) is 2. The Balaban J connectivity index is 2.28. The molecule has 0 fully saturated rings. The van der Waals surface area contributed by atoms with Crippen molar-refractivity contribution in [1.29, 1.82) is 0 Å². The second-order valence-electron chi connectivity index (χ2n) is 4.64. The summed E-state index contributed by atoms with van der Waals surface area (Å²) in [4.78, 5) is 8.40. The van der Waals surface area contributed by atoms with Crippen molar-refractivity contribution in [3.8, 4) is 0 Å². The number of aromatic nitrogens is 2. The number of nitrogens with two attached hydrogens (primary N) is 1. The Morgan fingerprint density at radius 2 is 1.95 bits per heavy atom. The fourth-order valence-corrected chi connectivity index (χ4v) is 3.97. The molecule has 0 radical (unpaired) electrons. The Labute approximate surface area is 122 Å². The second kappa shape index (κ2) is 5.86. The Kier molecular flexibility index (Phi) is 4.36. The highest BCUT2D eigenvalue weighted by molar-refractivity contribution is 7.89. The maximum Gasteiger partial charge on any atom is 0.244 e. The Morgan fingerprint density at radius 1 is 1.30 bits per heavy atom. The molecule has 6 nitrogen and oxygen atoms in total. The van der Waals surface area contributed by atoms with E-state index < -0.39 is 10.0 Å². The molecule has 0 spiro atoms. The van der Waals surface area contributed by atoms with Gasteiger partial charge >= 0.3 is 0 Å². The van der Waals surface area contributed by atoms with Crippen molar-refractivity contribution < 1.29 is 8.42 Å². The van der Waals surface area contributed by atoms with E-state index in [1.165, 1.54) is 23.7 Å². The summed E-state index contributed by atoms with van der Waals surface area (Å²) in [5.41, 5.74) is 5.36. The molecule has 0 aliphatic rings. The SMILES string of the molecule is CC(C)C(NS(=O)(=O)c1cnc(N)nc1)c1cccs1. The molecule has 0 aliphatic carbocycles. The molecular formula is C12H16N4O2S2. The van der Waals surface area contributed by atoms with Crippen LogP contribution in [0.5, 0.6) is 0 Å². The lowest BCUT2D eigenvalue weighted by molar-refractivity contribution is 0.468. The third-order valence-corrected chi connectivity index (χ3v) is 5.11. The van der Waals surface area contributed by atoms with Crippen LogP contribution in [0.4, 0.5) is 5.95 Å². The van der Waals surface area contributed by atoms with E-state index in [1.54, 1.807) is 0 Å². The quantitative estimate of drug-likeness (QED) is 0.877. The molecule has 2 aromatic rings. The van der Waals surface area contributed by atoms with Crippen LogP contribution in [0.2, 0.25) is 0 Å². The standard InChI is InChI=1S/C12H16N4O2S2/c1-8(2)11(10-4-3-5-19-10)16-20(17,18)9-6-14-12(13)15-7-9/h3-8,11,16H,1-2H3,(H2,13,14,15). The average Bonchev–Trinajstić information content (AvgIpc) is 2.90. The largest absolute Gasteiger partial charge is 0.368 e. The molecule has 3 N–H and O–H groups in total. The van der Waals surface area contributed by atoms with Gasteiger partial charge in [-0.1, -0.05) is 19.9 Å². The van der Waals surface area contributed by atoms with Gasteiger partial charge in [0.25, 0.3) is 0 Å². The first-order valence-electron chi connectivity index (χ1n) is 6.03.